The van der Waals surface area contributed by atoms with Gasteiger partial charge in [-0.05, 0) is 19.9 Å². The van der Waals surface area contributed by atoms with Gasteiger partial charge >= 0.3 is 0 Å². The molecule has 0 saturated carbocycles. The molecule has 1 fully saturated rings. The van der Waals surface area contributed by atoms with Gasteiger partial charge in [-0.3, -0.25) is 4.90 Å². The zero-order valence-corrected chi connectivity index (χ0v) is 11.9. The molecule has 6 heteroatoms. The van der Waals surface area contributed by atoms with Gasteiger partial charge in [0.05, 0.1) is 18.1 Å². The van der Waals surface area contributed by atoms with Gasteiger partial charge in [0.1, 0.15) is 5.82 Å². The third-order valence-corrected chi connectivity index (χ3v) is 5.24. The van der Waals surface area contributed by atoms with Crippen LogP contribution >= 0.6 is 0 Å². The second-order valence-corrected chi connectivity index (χ2v) is 7.24. The van der Waals surface area contributed by atoms with Crippen LogP contribution in [-0.4, -0.2) is 47.5 Å². The highest BCUT2D eigenvalue weighted by Crippen LogP contribution is 2.18. The van der Waals surface area contributed by atoms with Gasteiger partial charge in [-0.15, -0.1) is 0 Å². The second kappa shape index (κ2) is 5.40. The van der Waals surface area contributed by atoms with Crippen molar-refractivity contribution in [2.24, 2.45) is 0 Å². The van der Waals surface area contributed by atoms with Crippen LogP contribution in [0.5, 0.6) is 0 Å². The minimum atomic E-state index is -2.81. The lowest BCUT2D eigenvalue weighted by Gasteiger charge is -2.22. The first-order chi connectivity index (χ1) is 8.52. The van der Waals surface area contributed by atoms with Crippen molar-refractivity contribution in [2.75, 3.05) is 18.6 Å². The summed E-state index contributed by atoms with van der Waals surface area (Å²) in [6.07, 6.45) is 5.61. The first-order valence-electron chi connectivity index (χ1n) is 6.42. The van der Waals surface area contributed by atoms with E-state index in [0.29, 0.717) is 12.3 Å². The van der Waals surface area contributed by atoms with E-state index >= 15 is 0 Å². The van der Waals surface area contributed by atoms with Crippen molar-refractivity contribution in [3.8, 4) is 0 Å². The molecule has 0 spiro atoms. The van der Waals surface area contributed by atoms with Crippen molar-refractivity contribution in [3.05, 3.63) is 18.2 Å². The van der Waals surface area contributed by atoms with E-state index in [1.807, 2.05) is 19.4 Å². The Labute approximate surface area is 109 Å². The molecule has 0 radical (unpaired) electrons. The highest BCUT2D eigenvalue weighted by atomic mass is 32.2. The molecule has 1 aromatic heterocycles. The normalized spacial score (nSPS) is 22.7. The van der Waals surface area contributed by atoms with Crippen LogP contribution in [0.4, 0.5) is 0 Å². The lowest BCUT2D eigenvalue weighted by molar-refractivity contribution is 0.244. The summed E-state index contributed by atoms with van der Waals surface area (Å²) >= 11 is 0. The van der Waals surface area contributed by atoms with Gasteiger partial charge < -0.3 is 4.57 Å². The number of nitrogens with zero attached hydrogens (tertiary/aromatic N) is 3. The van der Waals surface area contributed by atoms with Gasteiger partial charge in [-0.25, -0.2) is 13.4 Å². The lowest BCUT2D eigenvalue weighted by Crippen LogP contribution is -2.33. The highest BCUT2D eigenvalue weighted by Gasteiger charge is 2.30. The summed E-state index contributed by atoms with van der Waals surface area (Å²) in [5.41, 5.74) is 0. The maximum Gasteiger partial charge on any atom is 0.151 e. The van der Waals surface area contributed by atoms with Crippen LogP contribution < -0.4 is 0 Å². The van der Waals surface area contributed by atoms with Crippen molar-refractivity contribution < 1.29 is 8.42 Å². The zero-order chi connectivity index (χ0) is 13.2. The molecular weight excluding hydrogens is 250 g/mol. The van der Waals surface area contributed by atoms with E-state index in [0.717, 1.165) is 25.2 Å². The van der Waals surface area contributed by atoms with E-state index in [2.05, 4.69) is 21.4 Å². The standard InChI is InChI=1S/C12H21N3O2S/c1-3-6-15-7-5-13-12(15)9-14(2)11-4-8-18(16,17)10-11/h5,7,11H,3-4,6,8-10H2,1-2H3/t11-/m1/s1. The number of imidazole rings is 1. The third-order valence-electron chi connectivity index (χ3n) is 3.49. The molecule has 5 nitrogen and oxygen atoms in total. The SMILES string of the molecule is CCCn1ccnc1CN(C)[C@@H]1CCS(=O)(=O)C1. The minimum Gasteiger partial charge on any atom is -0.334 e. The Morgan fingerprint density at radius 2 is 2.33 bits per heavy atom. The smallest absolute Gasteiger partial charge is 0.151 e. The van der Waals surface area contributed by atoms with Crippen LogP contribution in [0, 0.1) is 0 Å². The van der Waals surface area contributed by atoms with Crippen molar-refractivity contribution >= 4 is 9.84 Å². The van der Waals surface area contributed by atoms with Crippen LogP contribution in [-0.2, 0) is 22.9 Å². The molecule has 0 aliphatic carbocycles. The van der Waals surface area contributed by atoms with Gasteiger partial charge in [-0.1, -0.05) is 6.92 Å². The van der Waals surface area contributed by atoms with E-state index in [1.165, 1.54) is 0 Å². The summed E-state index contributed by atoms with van der Waals surface area (Å²) < 4.78 is 25.1. The van der Waals surface area contributed by atoms with Gasteiger partial charge in [0.15, 0.2) is 9.84 Å². The predicted molar refractivity (Wildman–Crippen MR) is 71.0 cm³/mol. The topological polar surface area (TPSA) is 55.2 Å². The summed E-state index contributed by atoms with van der Waals surface area (Å²) in [5, 5.41) is 0. The van der Waals surface area contributed by atoms with Crippen LogP contribution in [0.15, 0.2) is 12.4 Å². The molecule has 0 unspecified atom stereocenters. The molecule has 2 rings (SSSR count). The maximum absolute atomic E-state index is 11.5. The van der Waals surface area contributed by atoms with E-state index in [-0.39, 0.29) is 11.8 Å². The first kappa shape index (κ1) is 13.5. The van der Waals surface area contributed by atoms with E-state index < -0.39 is 9.84 Å². The van der Waals surface area contributed by atoms with E-state index in [1.54, 1.807) is 0 Å². The predicted octanol–water partition coefficient (Wildman–Crippen LogP) is 0.912. The lowest BCUT2D eigenvalue weighted by atomic mass is 10.2. The molecule has 2 heterocycles. The fraction of sp³-hybridized carbons (Fsp3) is 0.750. The summed E-state index contributed by atoms with van der Waals surface area (Å²) in [4.78, 5) is 6.46. The third kappa shape index (κ3) is 3.11. The van der Waals surface area contributed by atoms with Crippen molar-refractivity contribution in [1.82, 2.24) is 14.5 Å². The average molecular weight is 271 g/mol. The van der Waals surface area contributed by atoms with Crippen molar-refractivity contribution in [1.29, 1.82) is 0 Å². The van der Waals surface area contributed by atoms with Crippen molar-refractivity contribution in [2.45, 2.75) is 38.9 Å². The number of rotatable bonds is 5. The van der Waals surface area contributed by atoms with Gasteiger partial charge in [0.2, 0.25) is 0 Å². The van der Waals surface area contributed by atoms with Crippen LogP contribution in [0.25, 0.3) is 0 Å². The molecule has 1 atom stereocenters. The van der Waals surface area contributed by atoms with Crippen LogP contribution in [0.3, 0.4) is 0 Å². The Bertz CT molecular complexity index is 495. The molecule has 1 aromatic rings. The van der Waals surface area contributed by atoms with Gasteiger partial charge in [0.25, 0.3) is 0 Å². The van der Waals surface area contributed by atoms with E-state index in [9.17, 15) is 8.42 Å². The van der Waals surface area contributed by atoms with Crippen LogP contribution in [0.2, 0.25) is 0 Å². The Hall–Kier alpha value is -0.880. The molecule has 102 valence electrons. The van der Waals surface area contributed by atoms with Gasteiger partial charge in [0, 0.05) is 25.0 Å². The number of sulfone groups is 1. The number of aromatic nitrogens is 2. The molecule has 1 saturated heterocycles. The highest BCUT2D eigenvalue weighted by molar-refractivity contribution is 7.91. The number of aryl methyl sites for hydroxylation is 1. The quantitative estimate of drug-likeness (QED) is 0.799. The molecule has 0 N–H and O–H groups in total. The number of hydrogen-bond acceptors (Lipinski definition) is 4. The summed E-state index contributed by atoms with van der Waals surface area (Å²) in [6.45, 7) is 3.82. The summed E-state index contributed by atoms with van der Waals surface area (Å²) in [7, 11) is -0.826. The zero-order valence-electron chi connectivity index (χ0n) is 11.0. The molecule has 0 aromatic carbocycles. The minimum absolute atomic E-state index is 0.141. The first-order valence-corrected chi connectivity index (χ1v) is 8.24. The fourth-order valence-electron chi connectivity index (χ4n) is 2.41. The molecular formula is C12H21N3O2S. The maximum atomic E-state index is 11.5. The van der Waals surface area contributed by atoms with Crippen LogP contribution in [0.1, 0.15) is 25.6 Å². The Morgan fingerprint density at radius 1 is 1.56 bits per heavy atom. The average Bonchev–Trinajstić information content (AvgIpc) is 2.86. The summed E-state index contributed by atoms with van der Waals surface area (Å²) in [6, 6.07) is 0.141. The van der Waals surface area contributed by atoms with E-state index in [4.69, 9.17) is 0 Å². The number of hydrogen-bond donors (Lipinski definition) is 0. The molecule has 1 aliphatic heterocycles. The molecule has 1 aliphatic rings. The Kier molecular flexibility index (Phi) is 4.07. The Balaban J connectivity index is 1.99. The Morgan fingerprint density at radius 3 is 2.94 bits per heavy atom. The monoisotopic (exact) mass is 271 g/mol. The second-order valence-electron chi connectivity index (χ2n) is 5.01. The molecule has 0 bridgehead atoms. The summed E-state index contributed by atoms with van der Waals surface area (Å²) in [5.74, 6) is 1.63. The van der Waals surface area contributed by atoms with Gasteiger partial charge in [-0.2, -0.15) is 0 Å². The fourth-order valence-corrected chi connectivity index (χ4v) is 4.22. The molecule has 18 heavy (non-hydrogen) atoms. The molecule has 0 amide bonds. The largest absolute Gasteiger partial charge is 0.334 e. The van der Waals surface area contributed by atoms with Crippen molar-refractivity contribution in [3.63, 3.8) is 0 Å².